The standard InChI is InChI=1S/C19H30N2/c1-18(2)12-8-7-11-17(18)21-14-13-20-19(3,15-21)16-9-5-4-6-10-16/h4-6,9-10,17,20H,7-8,11-15H2,1-3H3. The number of nitrogens with one attached hydrogen (secondary N) is 1. The maximum absolute atomic E-state index is 3.77. The Morgan fingerprint density at radius 1 is 1.10 bits per heavy atom. The fourth-order valence-electron chi connectivity index (χ4n) is 4.43. The van der Waals surface area contributed by atoms with Gasteiger partial charge in [0, 0.05) is 25.7 Å². The van der Waals surface area contributed by atoms with Crippen molar-refractivity contribution in [3.8, 4) is 0 Å². The van der Waals surface area contributed by atoms with Crippen LogP contribution in [0.4, 0.5) is 0 Å². The Morgan fingerprint density at radius 2 is 1.86 bits per heavy atom. The average molecular weight is 286 g/mol. The Bertz CT molecular complexity index is 468. The molecule has 0 bridgehead atoms. The zero-order chi connectivity index (χ0) is 14.9. The van der Waals surface area contributed by atoms with Crippen LogP contribution >= 0.6 is 0 Å². The van der Waals surface area contributed by atoms with Crippen LogP contribution in [0.3, 0.4) is 0 Å². The number of hydrogen-bond donors (Lipinski definition) is 1. The number of nitrogens with zero attached hydrogens (tertiary/aromatic N) is 1. The molecule has 2 nitrogen and oxygen atoms in total. The summed E-state index contributed by atoms with van der Waals surface area (Å²) in [5.74, 6) is 0. The highest BCUT2D eigenvalue weighted by molar-refractivity contribution is 5.25. The van der Waals surface area contributed by atoms with Crippen molar-refractivity contribution in [2.45, 2.75) is 58.0 Å². The van der Waals surface area contributed by atoms with Crippen LogP contribution in [0.25, 0.3) is 0 Å². The molecule has 2 heteroatoms. The van der Waals surface area contributed by atoms with Crippen molar-refractivity contribution in [1.29, 1.82) is 0 Å². The van der Waals surface area contributed by atoms with Crippen LogP contribution in [0.2, 0.25) is 0 Å². The van der Waals surface area contributed by atoms with Gasteiger partial charge in [-0.2, -0.15) is 0 Å². The first-order chi connectivity index (χ1) is 10.0. The first kappa shape index (κ1) is 15.1. The highest BCUT2D eigenvalue weighted by atomic mass is 15.2. The van der Waals surface area contributed by atoms with E-state index in [1.165, 1.54) is 37.8 Å². The van der Waals surface area contributed by atoms with Gasteiger partial charge in [-0.05, 0) is 30.7 Å². The van der Waals surface area contributed by atoms with Crippen LogP contribution in [0.5, 0.6) is 0 Å². The van der Waals surface area contributed by atoms with Crippen LogP contribution in [0.15, 0.2) is 30.3 Å². The van der Waals surface area contributed by atoms with Gasteiger partial charge in [0.15, 0.2) is 0 Å². The highest BCUT2D eigenvalue weighted by Gasteiger charge is 2.41. The molecule has 2 atom stereocenters. The molecule has 0 amide bonds. The molecule has 1 aromatic rings. The predicted octanol–water partition coefficient (Wildman–Crippen LogP) is 3.78. The van der Waals surface area contributed by atoms with Gasteiger partial charge in [-0.25, -0.2) is 0 Å². The zero-order valence-corrected chi connectivity index (χ0v) is 13.9. The van der Waals surface area contributed by atoms with E-state index in [2.05, 4.69) is 61.3 Å². The first-order valence-electron chi connectivity index (χ1n) is 8.56. The van der Waals surface area contributed by atoms with E-state index in [1.54, 1.807) is 0 Å². The Kier molecular flexibility index (Phi) is 4.11. The van der Waals surface area contributed by atoms with Crippen molar-refractivity contribution < 1.29 is 0 Å². The summed E-state index contributed by atoms with van der Waals surface area (Å²) in [6.45, 7) is 10.7. The third-order valence-electron chi connectivity index (χ3n) is 5.74. The van der Waals surface area contributed by atoms with E-state index in [0.717, 1.165) is 19.1 Å². The van der Waals surface area contributed by atoms with E-state index in [1.807, 2.05) is 0 Å². The van der Waals surface area contributed by atoms with Crippen LogP contribution in [0, 0.1) is 5.41 Å². The molecule has 1 saturated heterocycles. The molecule has 2 aliphatic rings. The molecule has 1 aliphatic carbocycles. The summed E-state index contributed by atoms with van der Waals surface area (Å²) in [5, 5.41) is 3.77. The van der Waals surface area contributed by atoms with E-state index < -0.39 is 0 Å². The lowest BCUT2D eigenvalue weighted by atomic mass is 9.72. The second-order valence-corrected chi connectivity index (χ2v) is 7.85. The van der Waals surface area contributed by atoms with Gasteiger partial charge >= 0.3 is 0 Å². The van der Waals surface area contributed by atoms with Gasteiger partial charge in [-0.15, -0.1) is 0 Å². The summed E-state index contributed by atoms with van der Waals surface area (Å²) in [6.07, 6.45) is 5.56. The third-order valence-corrected chi connectivity index (χ3v) is 5.74. The molecule has 0 spiro atoms. The van der Waals surface area contributed by atoms with E-state index in [-0.39, 0.29) is 5.54 Å². The fraction of sp³-hybridized carbons (Fsp3) is 0.684. The van der Waals surface area contributed by atoms with Gasteiger partial charge in [-0.1, -0.05) is 57.0 Å². The molecule has 116 valence electrons. The molecule has 1 N–H and O–H groups in total. The maximum Gasteiger partial charge on any atom is 0.0535 e. The van der Waals surface area contributed by atoms with Gasteiger partial charge < -0.3 is 5.32 Å². The minimum absolute atomic E-state index is 0.0903. The van der Waals surface area contributed by atoms with Gasteiger partial charge in [0.05, 0.1) is 5.54 Å². The van der Waals surface area contributed by atoms with Crippen LogP contribution in [-0.2, 0) is 5.54 Å². The van der Waals surface area contributed by atoms with Gasteiger partial charge in [0.1, 0.15) is 0 Å². The Balaban J connectivity index is 1.79. The molecule has 1 heterocycles. The molecule has 0 radical (unpaired) electrons. The summed E-state index contributed by atoms with van der Waals surface area (Å²) in [7, 11) is 0. The SMILES string of the molecule is CC1(c2ccccc2)CN(C2CCCCC2(C)C)CCN1. The summed E-state index contributed by atoms with van der Waals surface area (Å²) >= 11 is 0. The number of piperazine rings is 1. The lowest BCUT2D eigenvalue weighted by molar-refractivity contribution is 0.0107. The lowest BCUT2D eigenvalue weighted by Crippen LogP contribution is -2.61. The van der Waals surface area contributed by atoms with Crippen molar-refractivity contribution in [2.75, 3.05) is 19.6 Å². The molecule has 1 saturated carbocycles. The van der Waals surface area contributed by atoms with Crippen molar-refractivity contribution in [3.05, 3.63) is 35.9 Å². The molecule has 21 heavy (non-hydrogen) atoms. The summed E-state index contributed by atoms with van der Waals surface area (Å²) in [5.41, 5.74) is 1.98. The van der Waals surface area contributed by atoms with E-state index in [9.17, 15) is 0 Å². The Hall–Kier alpha value is -0.860. The minimum atomic E-state index is 0.0903. The quantitative estimate of drug-likeness (QED) is 0.890. The molecule has 0 aromatic heterocycles. The number of benzene rings is 1. The van der Waals surface area contributed by atoms with Crippen molar-refractivity contribution in [2.24, 2.45) is 5.41 Å². The summed E-state index contributed by atoms with van der Waals surface area (Å²) in [6, 6.07) is 11.7. The normalized spacial score (nSPS) is 33.8. The van der Waals surface area contributed by atoms with Gasteiger partial charge in [0.2, 0.25) is 0 Å². The van der Waals surface area contributed by atoms with Crippen molar-refractivity contribution in [1.82, 2.24) is 10.2 Å². The fourth-order valence-corrected chi connectivity index (χ4v) is 4.43. The molecule has 2 unspecified atom stereocenters. The maximum atomic E-state index is 3.77. The second-order valence-electron chi connectivity index (χ2n) is 7.85. The van der Waals surface area contributed by atoms with Crippen LogP contribution in [0.1, 0.15) is 52.0 Å². The molecule has 1 aromatic carbocycles. The predicted molar refractivity (Wildman–Crippen MR) is 89.4 cm³/mol. The van der Waals surface area contributed by atoms with Crippen molar-refractivity contribution >= 4 is 0 Å². The van der Waals surface area contributed by atoms with Crippen molar-refractivity contribution in [3.63, 3.8) is 0 Å². The Morgan fingerprint density at radius 3 is 2.57 bits per heavy atom. The number of rotatable bonds is 2. The largest absolute Gasteiger partial charge is 0.305 e. The van der Waals surface area contributed by atoms with E-state index >= 15 is 0 Å². The topological polar surface area (TPSA) is 15.3 Å². The van der Waals surface area contributed by atoms with Gasteiger partial charge in [0.25, 0.3) is 0 Å². The average Bonchev–Trinajstić information content (AvgIpc) is 2.48. The molecule has 2 fully saturated rings. The molecule has 3 rings (SSSR count). The monoisotopic (exact) mass is 286 g/mol. The van der Waals surface area contributed by atoms with E-state index in [4.69, 9.17) is 0 Å². The van der Waals surface area contributed by atoms with E-state index in [0.29, 0.717) is 5.41 Å². The smallest absolute Gasteiger partial charge is 0.0535 e. The van der Waals surface area contributed by atoms with Crippen LogP contribution < -0.4 is 5.32 Å². The molecule has 1 aliphatic heterocycles. The third kappa shape index (κ3) is 3.02. The Labute approximate surface area is 129 Å². The van der Waals surface area contributed by atoms with Gasteiger partial charge in [-0.3, -0.25) is 4.90 Å². The number of hydrogen-bond acceptors (Lipinski definition) is 2. The molecular formula is C19H30N2. The second kappa shape index (κ2) is 5.73. The first-order valence-corrected chi connectivity index (χ1v) is 8.56. The zero-order valence-electron chi connectivity index (χ0n) is 13.9. The minimum Gasteiger partial charge on any atom is -0.305 e. The molecular weight excluding hydrogens is 256 g/mol. The van der Waals surface area contributed by atoms with Crippen LogP contribution in [-0.4, -0.2) is 30.6 Å². The summed E-state index contributed by atoms with van der Waals surface area (Å²) in [4.78, 5) is 2.77. The summed E-state index contributed by atoms with van der Waals surface area (Å²) < 4.78 is 0. The lowest BCUT2D eigenvalue weighted by Gasteiger charge is -2.51. The highest BCUT2D eigenvalue weighted by Crippen LogP contribution is 2.40.